The van der Waals surface area contributed by atoms with Crippen molar-refractivity contribution in [1.29, 1.82) is 5.26 Å². The fraction of sp³-hybridized carbons (Fsp3) is 0.955. The van der Waals surface area contributed by atoms with E-state index in [0.717, 1.165) is 23.8 Å². The first-order valence-corrected chi connectivity index (χ1v) is 26.4. The number of rotatable bonds is 7. The molecule has 4 saturated carbocycles. The first-order valence-electron chi connectivity index (χ1n) is 11.7. The molecule has 0 saturated heterocycles. The van der Waals surface area contributed by atoms with E-state index in [4.69, 9.17) is 4.43 Å². The van der Waals surface area contributed by atoms with Crippen molar-refractivity contribution in [3.05, 3.63) is 0 Å². The van der Waals surface area contributed by atoms with Gasteiger partial charge in [0.05, 0.1) is 13.2 Å². The van der Waals surface area contributed by atoms with E-state index in [9.17, 15) is 5.26 Å². The maximum atomic E-state index is 10.1. The molecule has 4 rings (SSSR count). The van der Waals surface area contributed by atoms with Crippen LogP contribution in [0.5, 0.6) is 0 Å². The summed E-state index contributed by atoms with van der Waals surface area (Å²) in [5.41, 5.74) is 0.872. The minimum absolute atomic E-state index is 0.415. The zero-order valence-corrected chi connectivity index (χ0v) is 24.1. The van der Waals surface area contributed by atoms with Gasteiger partial charge in [0.25, 0.3) is 0 Å². The molecule has 0 aliphatic heterocycles. The molecule has 1 unspecified atom stereocenters. The molecule has 4 fully saturated rings. The molecule has 0 aromatic heterocycles. The van der Waals surface area contributed by atoms with Crippen LogP contribution in [0.2, 0.25) is 65.0 Å². The molecule has 2 nitrogen and oxygen atoms in total. The third kappa shape index (κ3) is 3.84. The molecule has 0 heterocycles. The van der Waals surface area contributed by atoms with Gasteiger partial charge in [0.1, 0.15) is 0 Å². The highest BCUT2D eigenvalue weighted by atomic mass is 29.6. The van der Waals surface area contributed by atoms with E-state index in [1.165, 1.54) is 38.5 Å². The van der Waals surface area contributed by atoms with Crippen LogP contribution >= 0.6 is 0 Å². The molecule has 0 radical (unpaired) electrons. The van der Waals surface area contributed by atoms with Crippen molar-refractivity contribution < 1.29 is 4.43 Å². The highest BCUT2D eigenvalue weighted by Crippen LogP contribution is 2.64. The number of nitrogens with zero attached hydrogens (tertiary/aromatic N) is 1. The van der Waals surface area contributed by atoms with Crippen molar-refractivity contribution in [3.63, 3.8) is 0 Å². The summed E-state index contributed by atoms with van der Waals surface area (Å²) in [6.07, 6.45) is 8.73. The molecule has 0 N–H and O–H groups in total. The molecular formula is C22H45NOSi4. The average molecular weight is 452 g/mol. The zero-order chi connectivity index (χ0) is 21.2. The molecule has 0 aromatic rings. The standard InChI is InChI=1S/C22H45NOSi4/c1-25(2,3)24-21(28(11-10-23,26(4,5)6)27(7,8)9)22-15-18-12-19(16-22)14-20(13-18)17-22/h18-21H,11-17H2,1-9H3. The number of nitriles is 1. The summed E-state index contributed by atoms with van der Waals surface area (Å²) in [5.74, 6) is 2.86. The number of hydrogen-bond donors (Lipinski definition) is 0. The van der Waals surface area contributed by atoms with E-state index in [-0.39, 0.29) is 0 Å². The summed E-state index contributed by atoms with van der Waals surface area (Å²) in [6.45, 7) is 22.9. The van der Waals surface area contributed by atoms with Crippen molar-refractivity contribution >= 4 is 30.6 Å². The Balaban J connectivity index is 2.19. The fourth-order valence-electron chi connectivity index (χ4n) is 8.26. The zero-order valence-electron chi connectivity index (χ0n) is 20.1. The quantitative estimate of drug-likeness (QED) is 0.400. The highest BCUT2D eigenvalue weighted by Gasteiger charge is 2.67. The molecule has 4 aliphatic rings. The van der Waals surface area contributed by atoms with Crippen molar-refractivity contribution in [2.45, 2.75) is 109 Å². The molecule has 28 heavy (non-hydrogen) atoms. The maximum absolute atomic E-state index is 10.1. The van der Waals surface area contributed by atoms with Crippen LogP contribution in [0.15, 0.2) is 0 Å². The van der Waals surface area contributed by atoms with Crippen LogP contribution in [0.1, 0.15) is 38.5 Å². The first kappa shape index (κ1) is 23.0. The first-order chi connectivity index (χ1) is 12.6. The summed E-state index contributed by atoms with van der Waals surface area (Å²) in [7, 11) is -6.66. The number of hydrogen-bond acceptors (Lipinski definition) is 2. The molecule has 4 bridgehead atoms. The van der Waals surface area contributed by atoms with Crippen LogP contribution in [0, 0.1) is 34.5 Å². The molecule has 6 heteroatoms. The maximum Gasteiger partial charge on any atom is 0.183 e. The van der Waals surface area contributed by atoms with Gasteiger partial charge in [-0.2, -0.15) is 5.26 Å². The summed E-state index contributed by atoms with van der Waals surface area (Å²) >= 11 is 0. The lowest BCUT2D eigenvalue weighted by atomic mass is 9.50. The second-order valence-electron chi connectivity index (χ2n) is 13.7. The van der Waals surface area contributed by atoms with Gasteiger partial charge in [-0.3, -0.25) is 0 Å². The van der Waals surface area contributed by atoms with Crippen molar-refractivity contribution in [2.24, 2.45) is 23.2 Å². The predicted octanol–water partition coefficient (Wildman–Crippen LogP) is 6.77. The minimum Gasteiger partial charge on any atom is -0.418 e. The lowest BCUT2D eigenvalue weighted by Gasteiger charge is -2.66. The Labute approximate surface area is 178 Å². The van der Waals surface area contributed by atoms with E-state index < -0.39 is 30.6 Å². The Bertz CT molecular complexity index is 586. The monoisotopic (exact) mass is 451 g/mol. The molecule has 0 amide bonds. The molecule has 1 atom stereocenters. The lowest BCUT2D eigenvalue weighted by Crippen LogP contribution is -2.82. The Hall–Kier alpha value is 0.318. The van der Waals surface area contributed by atoms with Gasteiger partial charge in [-0.1, -0.05) is 39.3 Å². The molecular weight excluding hydrogens is 407 g/mol. The van der Waals surface area contributed by atoms with Crippen LogP contribution in [-0.2, 0) is 4.43 Å². The molecule has 160 valence electrons. The third-order valence-corrected chi connectivity index (χ3v) is 49.7. The average Bonchev–Trinajstić information content (AvgIpc) is 2.45. The van der Waals surface area contributed by atoms with Gasteiger partial charge in [0.15, 0.2) is 8.32 Å². The van der Waals surface area contributed by atoms with E-state index >= 15 is 0 Å². The summed E-state index contributed by atoms with van der Waals surface area (Å²) in [6, 6.07) is 3.64. The Kier molecular flexibility index (Phi) is 5.90. The van der Waals surface area contributed by atoms with Crippen molar-refractivity contribution in [2.75, 3.05) is 0 Å². The van der Waals surface area contributed by atoms with Crippen LogP contribution in [0.25, 0.3) is 0 Å². The minimum atomic E-state index is -1.89. The summed E-state index contributed by atoms with van der Waals surface area (Å²) < 4.78 is 7.41. The largest absolute Gasteiger partial charge is 0.418 e. The molecule has 0 aromatic carbocycles. The van der Waals surface area contributed by atoms with E-state index in [1.54, 1.807) is 0 Å². The second-order valence-corrected chi connectivity index (χ2v) is 45.8. The van der Waals surface area contributed by atoms with Crippen LogP contribution in [-0.4, -0.2) is 36.3 Å². The van der Waals surface area contributed by atoms with E-state index in [0.29, 0.717) is 11.1 Å². The second kappa shape index (κ2) is 7.18. The van der Waals surface area contributed by atoms with E-state index in [2.05, 4.69) is 65.0 Å². The normalized spacial score (nSPS) is 34.4. The summed E-state index contributed by atoms with van der Waals surface area (Å²) in [5, 5.41) is 10.1. The van der Waals surface area contributed by atoms with Crippen LogP contribution in [0.4, 0.5) is 0 Å². The van der Waals surface area contributed by atoms with Gasteiger partial charge in [-0.25, -0.2) is 0 Å². The fourth-order valence-corrected chi connectivity index (χ4v) is 56.1. The van der Waals surface area contributed by atoms with Crippen LogP contribution < -0.4 is 0 Å². The Morgan fingerprint density at radius 3 is 1.50 bits per heavy atom. The molecule has 0 spiro atoms. The van der Waals surface area contributed by atoms with E-state index in [1.807, 2.05) is 0 Å². The van der Waals surface area contributed by atoms with Gasteiger partial charge in [0, 0.05) is 27.0 Å². The van der Waals surface area contributed by atoms with Gasteiger partial charge in [-0.15, -0.1) is 0 Å². The topological polar surface area (TPSA) is 33.0 Å². The Morgan fingerprint density at radius 1 is 0.821 bits per heavy atom. The van der Waals surface area contributed by atoms with Crippen LogP contribution in [0.3, 0.4) is 0 Å². The van der Waals surface area contributed by atoms with Crippen molar-refractivity contribution in [3.8, 4) is 6.07 Å². The highest BCUT2D eigenvalue weighted by molar-refractivity contribution is 7.69. The van der Waals surface area contributed by atoms with Gasteiger partial charge in [-0.05, 0) is 81.3 Å². The SMILES string of the molecule is C[Si](C)(C)OC(C12CC3CC(CC(C3)C1)C2)[Si](CC#N)([Si](C)(C)C)[Si](C)(C)C. The smallest absolute Gasteiger partial charge is 0.183 e. The third-order valence-electron chi connectivity index (χ3n) is 8.60. The van der Waals surface area contributed by atoms with Gasteiger partial charge in [0.2, 0.25) is 0 Å². The van der Waals surface area contributed by atoms with Gasteiger partial charge >= 0.3 is 0 Å². The summed E-state index contributed by atoms with van der Waals surface area (Å²) in [4.78, 5) is 0. The van der Waals surface area contributed by atoms with Gasteiger partial charge < -0.3 is 4.43 Å². The predicted molar refractivity (Wildman–Crippen MR) is 132 cm³/mol. The molecule has 4 aliphatic carbocycles. The lowest BCUT2D eigenvalue weighted by molar-refractivity contribution is -0.0914. The Morgan fingerprint density at radius 2 is 1.21 bits per heavy atom. The van der Waals surface area contributed by atoms with Crippen molar-refractivity contribution in [1.82, 2.24) is 0 Å².